The summed E-state index contributed by atoms with van der Waals surface area (Å²) in [6.45, 7) is 2.13. The molecule has 8 heteroatoms. The Balaban J connectivity index is 1.83. The van der Waals surface area contributed by atoms with Crippen molar-refractivity contribution < 1.29 is 24.0 Å². The summed E-state index contributed by atoms with van der Waals surface area (Å²) in [5.41, 5.74) is 2.74. The highest BCUT2D eigenvalue weighted by molar-refractivity contribution is 5.90. The third-order valence-electron chi connectivity index (χ3n) is 4.53. The molecular weight excluding hydrogens is 400 g/mol. The zero-order chi connectivity index (χ0) is 22.4. The minimum atomic E-state index is -0.644. The highest BCUT2D eigenvalue weighted by Crippen LogP contribution is 2.23. The van der Waals surface area contributed by atoms with E-state index in [2.05, 4.69) is 0 Å². The molecule has 0 aliphatic rings. The number of hydrogen-bond donors (Lipinski definition) is 0. The summed E-state index contributed by atoms with van der Waals surface area (Å²) < 4.78 is 10.1. The van der Waals surface area contributed by atoms with E-state index in [1.807, 2.05) is 19.1 Å². The molecule has 3 aromatic carbocycles. The quantitative estimate of drug-likeness (QED) is 0.320. The van der Waals surface area contributed by atoms with Gasteiger partial charge >= 0.3 is 12.1 Å². The van der Waals surface area contributed by atoms with Gasteiger partial charge in [0.05, 0.1) is 24.1 Å². The second kappa shape index (κ2) is 9.53. The molecule has 0 radical (unpaired) electrons. The van der Waals surface area contributed by atoms with E-state index in [1.54, 1.807) is 36.4 Å². The van der Waals surface area contributed by atoms with Crippen LogP contribution in [0.4, 0.5) is 16.2 Å². The standard InChI is InChI=1S/C23H20N2O6/c1-16-3-9-19(10-4-16)24(15-17-5-7-18(8-6-17)22(26)30-2)23(27)31-21-13-11-20(12-14-21)25(28)29/h3-14H,15H2,1-2H3. The molecule has 0 bridgehead atoms. The van der Waals surface area contributed by atoms with Gasteiger partial charge in [0, 0.05) is 17.8 Å². The van der Waals surface area contributed by atoms with Crippen molar-refractivity contribution >= 4 is 23.4 Å². The Bertz CT molecular complexity index is 1080. The molecule has 3 rings (SSSR count). The van der Waals surface area contributed by atoms with Crippen molar-refractivity contribution in [3.63, 3.8) is 0 Å². The number of rotatable bonds is 6. The Kier molecular flexibility index (Phi) is 6.61. The molecule has 0 unspecified atom stereocenters. The summed E-state index contributed by atoms with van der Waals surface area (Å²) in [5, 5.41) is 10.8. The molecule has 0 heterocycles. The number of anilines is 1. The van der Waals surface area contributed by atoms with Crippen molar-refractivity contribution in [2.75, 3.05) is 12.0 Å². The van der Waals surface area contributed by atoms with Crippen LogP contribution in [0.1, 0.15) is 21.5 Å². The van der Waals surface area contributed by atoms with Crippen molar-refractivity contribution in [2.24, 2.45) is 0 Å². The molecule has 0 aliphatic heterocycles. The molecule has 0 N–H and O–H groups in total. The van der Waals surface area contributed by atoms with E-state index in [9.17, 15) is 19.7 Å². The number of methoxy groups -OCH3 is 1. The zero-order valence-corrected chi connectivity index (χ0v) is 17.0. The second-order valence-electron chi connectivity index (χ2n) is 6.73. The minimum Gasteiger partial charge on any atom is -0.465 e. The first-order valence-corrected chi connectivity index (χ1v) is 9.35. The van der Waals surface area contributed by atoms with Gasteiger partial charge < -0.3 is 9.47 Å². The highest BCUT2D eigenvalue weighted by atomic mass is 16.6. The molecule has 0 saturated heterocycles. The van der Waals surface area contributed by atoms with Crippen LogP contribution in [0.15, 0.2) is 72.8 Å². The van der Waals surface area contributed by atoms with Crippen LogP contribution < -0.4 is 9.64 Å². The molecule has 158 valence electrons. The molecule has 0 atom stereocenters. The molecule has 0 spiro atoms. The molecule has 1 amide bonds. The van der Waals surface area contributed by atoms with Gasteiger partial charge in [-0.3, -0.25) is 15.0 Å². The summed E-state index contributed by atoms with van der Waals surface area (Å²) in [6.07, 6.45) is -0.644. The maximum absolute atomic E-state index is 12.9. The number of nitro groups is 1. The van der Waals surface area contributed by atoms with Gasteiger partial charge in [-0.25, -0.2) is 9.59 Å². The van der Waals surface area contributed by atoms with Gasteiger partial charge in [-0.2, -0.15) is 0 Å². The lowest BCUT2D eigenvalue weighted by molar-refractivity contribution is -0.384. The van der Waals surface area contributed by atoms with Gasteiger partial charge in [-0.1, -0.05) is 29.8 Å². The van der Waals surface area contributed by atoms with Gasteiger partial charge in [-0.05, 0) is 48.9 Å². The third-order valence-corrected chi connectivity index (χ3v) is 4.53. The number of aryl methyl sites for hydroxylation is 1. The molecule has 0 saturated carbocycles. The summed E-state index contributed by atoms with van der Waals surface area (Å²) in [5.74, 6) is -0.256. The fourth-order valence-electron chi connectivity index (χ4n) is 2.82. The number of carbonyl (C=O) groups excluding carboxylic acids is 2. The summed E-state index contributed by atoms with van der Waals surface area (Å²) in [6, 6.07) is 19.3. The predicted octanol–water partition coefficient (Wildman–Crippen LogP) is 4.90. The SMILES string of the molecule is COC(=O)c1ccc(CN(C(=O)Oc2ccc([N+](=O)[O-])cc2)c2ccc(C)cc2)cc1. The first-order chi connectivity index (χ1) is 14.9. The van der Waals surface area contributed by atoms with Gasteiger partial charge in [0.25, 0.3) is 5.69 Å². The van der Waals surface area contributed by atoms with Crippen LogP contribution in [0.3, 0.4) is 0 Å². The van der Waals surface area contributed by atoms with Crippen molar-refractivity contribution in [1.82, 2.24) is 0 Å². The van der Waals surface area contributed by atoms with E-state index < -0.39 is 17.0 Å². The van der Waals surface area contributed by atoms with Crippen LogP contribution in [0, 0.1) is 17.0 Å². The smallest absolute Gasteiger partial charge is 0.420 e. The number of nitro benzene ring substituents is 1. The molecule has 0 fully saturated rings. The number of amides is 1. The van der Waals surface area contributed by atoms with E-state index in [0.717, 1.165) is 11.1 Å². The van der Waals surface area contributed by atoms with Crippen molar-refractivity contribution in [3.05, 3.63) is 99.6 Å². The Labute approximate surface area is 178 Å². The molecule has 3 aromatic rings. The first-order valence-electron chi connectivity index (χ1n) is 9.35. The largest absolute Gasteiger partial charge is 0.465 e. The van der Waals surface area contributed by atoms with Crippen LogP contribution in [-0.4, -0.2) is 24.1 Å². The molecule has 0 aromatic heterocycles. The fraction of sp³-hybridized carbons (Fsp3) is 0.130. The molecule has 0 aliphatic carbocycles. The normalized spacial score (nSPS) is 10.3. The Morgan fingerprint density at radius 1 is 0.935 bits per heavy atom. The number of hydrogen-bond acceptors (Lipinski definition) is 6. The van der Waals surface area contributed by atoms with E-state index in [0.29, 0.717) is 11.3 Å². The third kappa shape index (κ3) is 5.45. The van der Waals surface area contributed by atoms with E-state index in [4.69, 9.17) is 9.47 Å². The highest BCUT2D eigenvalue weighted by Gasteiger charge is 2.19. The van der Waals surface area contributed by atoms with E-state index in [1.165, 1.54) is 36.3 Å². The van der Waals surface area contributed by atoms with Crippen LogP contribution >= 0.6 is 0 Å². The van der Waals surface area contributed by atoms with Gasteiger partial charge in [-0.15, -0.1) is 0 Å². The number of non-ortho nitro benzene ring substituents is 1. The maximum Gasteiger partial charge on any atom is 0.420 e. The summed E-state index contributed by atoms with van der Waals surface area (Å²) in [4.78, 5) is 36.3. The van der Waals surface area contributed by atoms with Crippen molar-refractivity contribution in [2.45, 2.75) is 13.5 Å². The Morgan fingerprint density at radius 3 is 2.10 bits per heavy atom. The van der Waals surface area contributed by atoms with E-state index in [-0.39, 0.29) is 18.0 Å². The monoisotopic (exact) mass is 420 g/mol. The Hall–Kier alpha value is -4.20. The van der Waals surface area contributed by atoms with Gasteiger partial charge in [0.15, 0.2) is 0 Å². The van der Waals surface area contributed by atoms with Crippen molar-refractivity contribution in [3.8, 4) is 5.75 Å². The van der Waals surface area contributed by atoms with Gasteiger partial charge in [0.1, 0.15) is 5.75 Å². The lowest BCUT2D eigenvalue weighted by atomic mass is 10.1. The zero-order valence-electron chi connectivity index (χ0n) is 17.0. The number of benzene rings is 3. The van der Waals surface area contributed by atoms with Crippen LogP contribution in [-0.2, 0) is 11.3 Å². The second-order valence-corrected chi connectivity index (χ2v) is 6.73. The summed E-state index contributed by atoms with van der Waals surface area (Å²) >= 11 is 0. The lowest BCUT2D eigenvalue weighted by Gasteiger charge is -2.22. The topological polar surface area (TPSA) is 99.0 Å². The molecule has 8 nitrogen and oxygen atoms in total. The first kappa shape index (κ1) is 21.5. The van der Waals surface area contributed by atoms with Crippen molar-refractivity contribution in [1.29, 1.82) is 0 Å². The average Bonchev–Trinajstić information content (AvgIpc) is 2.78. The van der Waals surface area contributed by atoms with Crippen LogP contribution in [0.2, 0.25) is 0 Å². The average molecular weight is 420 g/mol. The number of carbonyl (C=O) groups is 2. The fourth-order valence-corrected chi connectivity index (χ4v) is 2.82. The summed E-state index contributed by atoms with van der Waals surface area (Å²) in [7, 11) is 1.31. The molecular formula is C23H20N2O6. The van der Waals surface area contributed by atoms with Crippen LogP contribution in [0.25, 0.3) is 0 Å². The number of ether oxygens (including phenoxy) is 2. The number of nitrogens with zero attached hydrogens (tertiary/aromatic N) is 2. The minimum absolute atomic E-state index is 0.0964. The Morgan fingerprint density at radius 2 is 1.55 bits per heavy atom. The van der Waals surface area contributed by atoms with Crippen LogP contribution in [0.5, 0.6) is 5.75 Å². The molecule has 31 heavy (non-hydrogen) atoms. The number of esters is 1. The predicted molar refractivity (Wildman–Crippen MR) is 114 cm³/mol. The van der Waals surface area contributed by atoms with E-state index >= 15 is 0 Å². The lowest BCUT2D eigenvalue weighted by Crippen LogP contribution is -2.33. The van der Waals surface area contributed by atoms with Gasteiger partial charge in [0.2, 0.25) is 0 Å². The maximum atomic E-state index is 12.9.